The first-order valence-corrected chi connectivity index (χ1v) is 7.23. The maximum Gasteiger partial charge on any atom is 0.310 e. The molecule has 1 aromatic heterocycles. The predicted octanol–water partition coefficient (Wildman–Crippen LogP) is 0.503. The second kappa shape index (κ2) is 6.78. The van der Waals surface area contributed by atoms with Gasteiger partial charge in [-0.1, -0.05) is 6.92 Å². The average Bonchev–Trinajstić information content (AvgIpc) is 3.06. The Kier molecular flexibility index (Phi) is 5.05. The van der Waals surface area contributed by atoms with E-state index in [1.54, 1.807) is 11.6 Å². The number of carbonyl (C=O) groups excluding carboxylic acids is 1. The van der Waals surface area contributed by atoms with Gasteiger partial charge in [-0.15, -0.1) is 11.3 Å². The Morgan fingerprint density at radius 1 is 1.60 bits per heavy atom. The van der Waals surface area contributed by atoms with Crippen LogP contribution in [0.5, 0.6) is 0 Å². The van der Waals surface area contributed by atoms with Gasteiger partial charge < -0.3 is 15.2 Å². The molecule has 1 fully saturated rings. The number of anilines is 1. The first-order valence-electron chi connectivity index (χ1n) is 6.35. The zero-order chi connectivity index (χ0) is 14.5. The molecule has 0 spiro atoms. The second-order valence-electron chi connectivity index (χ2n) is 4.50. The average molecular weight is 299 g/mol. The van der Waals surface area contributed by atoms with Gasteiger partial charge in [0.25, 0.3) is 0 Å². The van der Waals surface area contributed by atoms with Crippen LogP contribution >= 0.6 is 11.3 Å². The van der Waals surface area contributed by atoms with Gasteiger partial charge in [-0.2, -0.15) is 0 Å². The summed E-state index contributed by atoms with van der Waals surface area (Å²) in [5.74, 6) is -1.66. The van der Waals surface area contributed by atoms with Crippen LogP contribution in [-0.4, -0.2) is 59.2 Å². The van der Waals surface area contributed by atoms with Crippen LogP contribution in [0.15, 0.2) is 11.6 Å². The van der Waals surface area contributed by atoms with Crippen molar-refractivity contribution < 1.29 is 19.4 Å². The molecule has 0 radical (unpaired) electrons. The van der Waals surface area contributed by atoms with Crippen molar-refractivity contribution in [3.8, 4) is 0 Å². The number of nitrogens with zero attached hydrogens (tertiary/aromatic N) is 2. The van der Waals surface area contributed by atoms with E-state index in [1.165, 1.54) is 11.3 Å². The fraction of sp³-hybridized carbons (Fsp3) is 0.583. The molecular weight excluding hydrogens is 282 g/mol. The van der Waals surface area contributed by atoms with E-state index in [4.69, 9.17) is 9.84 Å². The summed E-state index contributed by atoms with van der Waals surface area (Å²) < 4.78 is 5.24. The molecule has 2 rings (SSSR count). The van der Waals surface area contributed by atoms with Crippen LogP contribution in [0.1, 0.15) is 6.92 Å². The quantitative estimate of drug-likeness (QED) is 0.795. The molecule has 0 aromatic carbocycles. The fourth-order valence-corrected chi connectivity index (χ4v) is 2.78. The summed E-state index contributed by atoms with van der Waals surface area (Å²) in [6.07, 6.45) is 1.61. The van der Waals surface area contributed by atoms with Crippen molar-refractivity contribution in [2.24, 2.45) is 5.92 Å². The third kappa shape index (κ3) is 3.53. The third-order valence-electron chi connectivity index (χ3n) is 3.27. The van der Waals surface area contributed by atoms with Crippen molar-refractivity contribution in [2.45, 2.75) is 13.0 Å². The van der Waals surface area contributed by atoms with Crippen LogP contribution in [0.3, 0.4) is 0 Å². The Bertz CT molecular complexity index is 465. The molecule has 2 N–H and O–H groups in total. The first-order chi connectivity index (χ1) is 9.61. The normalized spacial score (nSPS) is 22.1. The van der Waals surface area contributed by atoms with Crippen molar-refractivity contribution in [1.29, 1.82) is 0 Å². The lowest BCUT2D eigenvalue weighted by Gasteiger charge is -2.28. The number of carboxylic acids is 1. The van der Waals surface area contributed by atoms with Gasteiger partial charge in [-0.05, 0) is 6.54 Å². The maximum atomic E-state index is 11.9. The van der Waals surface area contributed by atoms with Crippen molar-refractivity contribution >= 4 is 28.3 Å². The van der Waals surface area contributed by atoms with Gasteiger partial charge in [0.2, 0.25) is 5.91 Å². The summed E-state index contributed by atoms with van der Waals surface area (Å²) in [5, 5.41) is 14.2. The van der Waals surface area contributed by atoms with Gasteiger partial charge in [-0.3, -0.25) is 14.5 Å². The van der Waals surface area contributed by atoms with Crippen molar-refractivity contribution in [3.63, 3.8) is 0 Å². The van der Waals surface area contributed by atoms with Crippen molar-refractivity contribution in [3.05, 3.63) is 11.6 Å². The highest BCUT2D eigenvalue weighted by atomic mass is 32.1. The van der Waals surface area contributed by atoms with Crippen molar-refractivity contribution in [1.82, 2.24) is 9.88 Å². The van der Waals surface area contributed by atoms with Gasteiger partial charge in [0, 0.05) is 17.6 Å². The number of aliphatic carboxylic acids is 1. The largest absolute Gasteiger partial charge is 0.481 e. The monoisotopic (exact) mass is 299 g/mol. The highest BCUT2D eigenvalue weighted by molar-refractivity contribution is 7.13. The third-order valence-corrected chi connectivity index (χ3v) is 3.96. The topological polar surface area (TPSA) is 91.8 Å². The Balaban J connectivity index is 1.94. The van der Waals surface area contributed by atoms with E-state index in [0.717, 1.165) is 0 Å². The molecule has 1 aliphatic rings. The van der Waals surface area contributed by atoms with E-state index >= 15 is 0 Å². The lowest BCUT2D eigenvalue weighted by molar-refractivity contribution is -0.143. The van der Waals surface area contributed by atoms with Gasteiger partial charge in [0.05, 0.1) is 25.7 Å². The minimum absolute atomic E-state index is 0.133. The number of thiazole rings is 1. The Morgan fingerprint density at radius 3 is 3.00 bits per heavy atom. The minimum atomic E-state index is -0.883. The van der Waals surface area contributed by atoms with Crippen LogP contribution in [-0.2, 0) is 14.3 Å². The molecule has 7 nitrogen and oxygen atoms in total. The molecule has 110 valence electrons. The molecule has 1 aromatic rings. The molecule has 0 bridgehead atoms. The number of aromatic nitrogens is 1. The smallest absolute Gasteiger partial charge is 0.310 e. The molecule has 1 aliphatic heterocycles. The Hall–Kier alpha value is -1.51. The number of hydrogen-bond acceptors (Lipinski definition) is 6. The Morgan fingerprint density at radius 2 is 2.40 bits per heavy atom. The van der Waals surface area contributed by atoms with Crippen LogP contribution < -0.4 is 5.32 Å². The molecule has 1 amide bonds. The highest BCUT2D eigenvalue weighted by Crippen LogP contribution is 2.20. The maximum absolute atomic E-state index is 11.9. The lowest BCUT2D eigenvalue weighted by Crippen LogP contribution is -2.46. The van der Waals surface area contributed by atoms with E-state index in [9.17, 15) is 9.59 Å². The SMILES string of the molecule is CCN(CC(=O)Nc1nccs1)C1COCC1C(=O)O. The zero-order valence-corrected chi connectivity index (χ0v) is 11.9. The molecule has 2 atom stereocenters. The molecule has 0 saturated carbocycles. The second-order valence-corrected chi connectivity index (χ2v) is 5.39. The number of nitrogens with one attached hydrogen (secondary N) is 1. The van der Waals surface area contributed by atoms with Crippen LogP contribution in [0.4, 0.5) is 5.13 Å². The van der Waals surface area contributed by atoms with Gasteiger partial charge in [0.1, 0.15) is 0 Å². The molecular formula is C12H17N3O4S. The molecule has 1 saturated heterocycles. The summed E-state index contributed by atoms with van der Waals surface area (Å²) in [5.41, 5.74) is 0. The van der Waals surface area contributed by atoms with E-state index < -0.39 is 11.9 Å². The standard InChI is InChI=1S/C12H17N3O4S/c1-2-15(9-7-19-6-8(9)11(17)18)5-10(16)14-12-13-3-4-20-12/h3-4,8-9H,2,5-7H2,1H3,(H,17,18)(H,13,14,16). The van der Waals surface area contributed by atoms with Crippen molar-refractivity contribution in [2.75, 3.05) is 31.6 Å². The Labute approximate surface area is 120 Å². The summed E-state index contributed by atoms with van der Waals surface area (Å²) in [6, 6.07) is -0.264. The van der Waals surface area contributed by atoms with Gasteiger partial charge in [0.15, 0.2) is 5.13 Å². The number of rotatable bonds is 6. The number of likely N-dealkylation sites (N-methyl/N-ethyl adjacent to an activating group) is 1. The zero-order valence-electron chi connectivity index (χ0n) is 11.1. The molecule has 8 heteroatoms. The van der Waals surface area contributed by atoms with Gasteiger partial charge >= 0.3 is 5.97 Å². The molecule has 20 heavy (non-hydrogen) atoms. The summed E-state index contributed by atoms with van der Waals surface area (Å²) in [7, 11) is 0. The number of carboxylic acid groups (broad SMARTS) is 1. The molecule has 2 unspecified atom stereocenters. The first kappa shape index (κ1) is 14.9. The number of ether oxygens (including phenoxy) is 1. The van der Waals surface area contributed by atoms with Crippen LogP contribution in [0, 0.1) is 5.92 Å². The number of amides is 1. The van der Waals surface area contributed by atoms with E-state index in [0.29, 0.717) is 18.3 Å². The van der Waals surface area contributed by atoms with E-state index in [2.05, 4.69) is 10.3 Å². The summed E-state index contributed by atoms with van der Waals surface area (Å²) >= 11 is 1.34. The number of hydrogen-bond donors (Lipinski definition) is 2. The summed E-state index contributed by atoms with van der Waals surface area (Å²) in [6.45, 7) is 3.16. The minimum Gasteiger partial charge on any atom is -0.481 e. The predicted molar refractivity (Wildman–Crippen MR) is 73.7 cm³/mol. The van der Waals surface area contributed by atoms with Crippen LogP contribution in [0.25, 0.3) is 0 Å². The molecule has 2 heterocycles. The number of carbonyl (C=O) groups is 2. The summed E-state index contributed by atoms with van der Waals surface area (Å²) in [4.78, 5) is 28.9. The van der Waals surface area contributed by atoms with Crippen LogP contribution in [0.2, 0.25) is 0 Å². The fourth-order valence-electron chi connectivity index (χ4n) is 2.23. The molecule has 0 aliphatic carbocycles. The highest BCUT2D eigenvalue weighted by Gasteiger charge is 2.38. The van der Waals surface area contributed by atoms with E-state index in [-0.39, 0.29) is 25.1 Å². The van der Waals surface area contributed by atoms with Gasteiger partial charge in [-0.25, -0.2) is 4.98 Å². The van der Waals surface area contributed by atoms with E-state index in [1.807, 2.05) is 11.8 Å². The lowest BCUT2D eigenvalue weighted by atomic mass is 10.0.